The van der Waals surface area contributed by atoms with E-state index in [1.165, 1.54) is 6.07 Å². The molecule has 2 heterocycles. The van der Waals surface area contributed by atoms with E-state index < -0.39 is 5.82 Å². The predicted molar refractivity (Wildman–Crippen MR) is 148 cm³/mol. The van der Waals surface area contributed by atoms with Crippen LogP contribution in [0.1, 0.15) is 36.6 Å². The third kappa shape index (κ3) is 5.83. The van der Waals surface area contributed by atoms with Crippen LogP contribution in [0, 0.1) is 24.1 Å². The number of para-hydroxylation sites is 1. The molecule has 0 saturated carbocycles. The zero-order valence-corrected chi connectivity index (χ0v) is 21.8. The highest BCUT2D eigenvalue weighted by atomic mass is 19.1. The number of hydrogen-bond acceptors (Lipinski definition) is 6. The fourth-order valence-corrected chi connectivity index (χ4v) is 4.10. The summed E-state index contributed by atoms with van der Waals surface area (Å²) < 4.78 is 28.2. The Kier molecular flexibility index (Phi) is 7.69. The van der Waals surface area contributed by atoms with E-state index in [2.05, 4.69) is 23.3 Å². The molecule has 3 aromatic carbocycles. The third-order valence-corrected chi connectivity index (χ3v) is 6.24. The Balaban J connectivity index is 1.45. The lowest BCUT2D eigenvalue weighted by Gasteiger charge is -2.09. The van der Waals surface area contributed by atoms with E-state index in [4.69, 9.17) is 14.3 Å². The zero-order chi connectivity index (χ0) is 27.2. The summed E-state index contributed by atoms with van der Waals surface area (Å²) in [6, 6.07) is 24.4. The average Bonchev–Trinajstić information content (AvgIpc) is 3.58. The number of benzene rings is 3. The highest BCUT2D eigenvalue weighted by Crippen LogP contribution is 2.30. The van der Waals surface area contributed by atoms with Crippen LogP contribution >= 0.6 is 0 Å². The molecule has 0 aliphatic rings. The van der Waals surface area contributed by atoms with Crippen molar-refractivity contribution in [1.29, 1.82) is 5.26 Å². The topological polar surface area (TPSA) is 88.9 Å². The SMILES string of the molecule is CCCCOc1ccc(-c2nn(-c3ccccc3)cc2CNc2oc(-c3ccc(C)cc3)nc2C#N)cc1F. The van der Waals surface area contributed by atoms with Gasteiger partial charge in [-0.3, -0.25) is 0 Å². The molecule has 0 amide bonds. The van der Waals surface area contributed by atoms with Crippen molar-refractivity contribution < 1.29 is 13.5 Å². The first-order chi connectivity index (χ1) is 19.1. The van der Waals surface area contributed by atoms with Crippen LogP contribution in [-0.4, -0.2) is 21.4 Å². The standard InChI is InChI=1S/C31H28FN5O2/c1-3-4-16-38-28-15-14-23(17-26(28)32)29-24(20-37(36-29)25-8-6-5-7-9-25)19-34-31-27(18-33)35-30(39-31)22-12-10-21(2)11-13-22/h5-15,17,20,34H,3-4,16,19H2,1-2H3. The van der Waals surface area contributed by atoms with Gasteiger partial charge < -0.3 is 14.5 Å². The van der Waals surface area contributed by atoms with E-state index in [9.17, 15) is 9.65 Å². The molecule has 0 unspecified atom stereocenters. The molecule has 0 spiro atoms. The van der Waals surface area contributed by atoms with E-state index >= 15 is 0 Å². The lowest BCUT2D eigenvalue weighted by molar-refractivity contribution is 0.294. The number of unbranched alkanes of at least 4 members (excludes halogenated alkanes) is 1. The molecule has 0 saturated heterocycles. The van der Waals surface area contributed by atoms with Crippen LogP contribution in [0.3, 0.4) is 0 Å². The van der Waals surface area contributed by atoms with Crippen LogP contribution in [0.25, 0.3) is 28.4 Å². The minimum Gasteiger partial charge on any atom is -0.491 e. The van der Waals surface area contributed by atoms with Gasteiger partial charge in [-0.15, -0.1) is 0 Å². The van der Waals surface area contributed by atoms with Gasteiger partial charge in [0.1, 0.15) is 6.07 Å². The maximum atomic E-state index is 14.9. The molecule has 0 fully saturated rings. The zero-order valence-electron chi connectivity index (χ0n) is 21.8. The van der Waals surface area contributed by atoms with Gasteiger partial charge in [-0.25, -0.2) is 9.07 Å². The van der Waals surface area contributed by atoms with Crippen LogP contribution in [0.4, 0.5) is 10.3 Å². The normalized spacial score (nSPS) is 10.8. The number of aryl methyl sites for hydroxylation is 1. The molecule has 0 aliphatic heterocycles. The average molecular weight is 522 g/mol. The summed E-state index contributed by atoms with van der Waals surface area (Å²) in [6.07, 6.45) is 3.71. The van der Waals surface area contributed by atoms with Crippen LogP contribution in [0.15, 0.2) is 83.4 Å². The number of oxazole rings is 1. The third-order valence-electron chi connectivity index (χ3n) is 6.24. The number of halogens is 1. The number of aromatic nitrogens is 3. The Bertz CT molecular complexity index is 1600. The van der Waals surface area contributed by atoms with Crippen molar-refractivity contribution in [3.05, 3.63) is 102 Å². The van der Waals surface area contributed by atoms with Crippen molar-refractivity contribution in [2.24, 2.45) is 0 Å². The van der Waals surface area contributed by atoms with E-state index in [0.717, 1.165) is 35.2 Å². The number of anilines is 1. The molecule has 8 heteroatoms. The molecular weight excluding hydrogens is 493 g/mol. The van der Waals surface area contributed by atoms with Gasteiger partial charge in [0.05, 0.1) is 18.0 Å². The number of nitrogens with zero attached hydrogens (tertiary/aromatic N) is 4. The molecule has 1 N–H and O–H groups in total. The minimum absolute atomic E-state index is 0.155. The highest BCUT2D eigenvalue weighted by molar-refractivity contribution is 5.65. The van der Waals surface area contributed by atoms with E-state index in [-0.39, 0.29) is 23.9 Å². The molecule has 0 bridgehead atoms. The lowest BCUT2D eigenvalue weighted by Crippen LogP contribution is -2.01. The Hall–Kier alpha value is -4.90. The van der Waals surface area contributed by atoms with Gasteiger partial charge in [-0.1, -0.05) is 49.2 Å². The Labute approximate surface area is 226 Å². The van der Waals surface area contributed by atoms with Crippen molar-refractivity contribution in [2.75, 3.05) is 11.9 Å². The van der Waals surface area contributed by atoms with Crippen LogP contribution in [0.2, 0.25) is 0 Å². The first-order valence-corrected chi connectivity index (χ1v) is 12.8. The van der Waals surface area contributed by atoms with Crippen LogP contribution in [0.5, 0.6) is 5.75 Å². The summed E-state index contributed by atoms with van der Waals surface area (Å²) in [5, 5.41) is 17.6. The highest BCUT2D eigenvalue weighted by Gasteiger charge is 2.18. The molecule has 0 aliphatic carbocycles. The summed E-state index contributed by atoms with van der Waals surface area (Å²) in [4.78, 5) is 4.35. The molecule has 0 radical (unpaired) electrons. The summed E-state index contributed by atoms with van der Waals surface area (Å²) in [6.45, 7) is 4.80. The molecule has 196 valence electrons. The number of ether oxygens (including phenoxy) is 1. The number of hydrogen-bond donors (Lipinski definition) is 1. The van der Waals surface area contributed by atoms with Crippen molar-refractivity contribution >= 4 is 5.88 Å². The molecule has 0 atom stereocenters. The first kappa shape index (κ1) is 25.7. The number of nitrogens with one attached hydrogen (secondary N) is 1. The Morgan fingerprint density at radius 2 is 1.82 bits per heavy atom. The second-order valence-corrected chi connectivity index (χ2v) is 9.16. The molecule has 7 nitrogen and oxygen atoms in total. The predicted octanol–water partition coefficient (Wildman–Crippen LogP) is 7.30. The van der Waals surface area contributed by atoms with Gasteiger partial charge in [0.25, 0.3) is 0 Å². The minimum atomic E-state index is -0.443. The largest absolute Gasteiger partial charge is 0.491 e. The van der Waals surface area contributed by atoms with Crippen molar-refractivity contribution in [3.8, 4) is 40.2 Å². The molecular formula is C31H28FN5O2. The van der Waals surface area contributed by atoms with Gasteiger partial charge in [0, 0.05) is 29.4 Å². The summed E-state index contributed by atoms with van der Waals surface area (Å²) in [5.74, 6) is 0.396. The molecule has 5 aromatic rings. The van der Waals surface area contributed by atoms with Gasteiger partial charge in [-0.05, 0) is 55.8 Å². The quantitative estimate of drug-likeness (QED) is 0.194. The summed E-state index contributed by atoms with van der Waals surface area (Å²) in [7, 11) is 0. The first-order valence-electron chi connectivity index (χ1n) is 12.8. The van der Waals surface area contributed by atoms with Crippen molar-refractivity contribution in [1.82, 2.24) is 14.8 Å². The molecule has 2 aromatic heterocycles. The van der Waals surface area contributed by atoms with Crippen molar-refractivity contribution in [2.45, 2.75) is 33.2 Å². The fraction of sp³-hybridized carbons (Fsp3) is 0.194. The van der Waals surface area contributed by atoms with E-state index in [1.54, 1.807) is 16.8 Å². The van der Waals surface area contributed by atoms with Gasteiger partial charge in [-0.2, -0.15) is 15.3 Å². The maximum Gasteiger partial charge on any atom is 0.232 e. The van der Waals surface area contributed by atoms with E-state index in [1.807, 2.05) is 67.7 Å². The smallest absolute Gasteiger partial charge is 0.232 e. The van der Waals surface area contributed by atoms with Gasteiger partial charge in [0.15, 0.2) is 11.6 Å². The maximum absolute atomic E-state index is 14.9. The molecule has 39 heavy (non-hydrogen) atoms. The van der Waals surface area contributed by atoms with Crippen LogP contribution < -0.4 is 10.1 Å². The summed E-state index contributed by atoms with van der Waals surface area (Å²) >= 11 is 0. The fourth-order valence-electron chi connectivity index (χ4n) is 4.10. The van der Waals surface area contributed by atoms with Crippen LogP contribution in [-0.2, 0) is 6.54 Å². The van der Waals surface area contributed by atoms with E-state index in [0.29, 0.717) is 23.8 Å². The van der Waals surface area contributed by atoms with Gasteiger partial charge in [0.2, 0.25) is 17.5 Å². The monoisotopic (exact) mass is 521 g/mol. The second kappa shape index (κ2) is 11.7. The Morgan fingerprint density at radius 3 is 2.54 bits per heavy atom. The van der Waals surface area contributed by atoms with Gasteiger partial charge >= 0.3 is 0 Å². The summed E-state index contributed by atoms with van der Waals surface area (Å²) in [5.41, 5.74) is 4.91. The lowest BCUT2D eigenvalue weighted by atomic mass is 10.1. The number of nitriles is 1. The number of rotatable bonds is 10. The molecule has 5 rings (SSSR count). The second-order valence-electron chi connectivity index (χ2n) is 9.16. The van der Waals surface area contributed by atoms with Crippen molar-refractivity contribution in [3.63, 3.8) is 0 Å². The Morgan fingerprint density at radius 1 is 1.05 bits per heavy atom.